The summed E-state index contributed by atoms with van der Waals surface area (Å²) in [4.78, 5) is 23.5. The second kappa shape index (κ2) is 6.05. The van der Waals surface area contributed by atoms with Crippen LogP contribution >= 0.6 is 0 Å². The van der Waals surface area contributed by atoms with Gasteiger partial charge >= 0.3 is 5.69 Å². The minimum atomic E-state index is -0.353. The maximum absolute atomic E-state index is 12.9. The van der Waals surface area contributed by atoms with Gasteiger partial charge in [0, 0.05) is 38.4 Å². The summed E-state index contributed by atoms with van der Waals surface area (Å²) in [6, 6.07) is 7.63. The molecule has 0 aliphatic heterocycles. The third-order valence-corrected chi connectivity index (χ3v) is 3.58. The van der Waals surface area contributed by atoms with Gasteiger partial charge in [-0.2, -0.15) is 0 Å². The Bertz CT molecular complexity index is 747. The minimum Gasteiger partial charge on any atom is -0.305 e. The molecule has 0 spiro atoms. The van der Waals surface area contributed by atoms with E-state index in [2.05, 4.69) is 5.32 Å². The van der Waals surface area contributed by atoms with Crippen LogP contribution in [0.1, 0.15) is 24.2 Å². The van der Waals surface area contributed by atoms with Crippen molar-refractivity contribution in [1.82, 2.24) is 14.5 Å². The maximum Gasteiger partial charge on any atom is 0.330 e. The van der Waals surface area contributed by atoms with Crippen LogP contribution in [-0.4, -0.2) is 9.13 Å². The third kappa shape index (κ3) is 3.28. The monoisotopic (exact) mass is 291 g/mol. The van der Waals surface area contributed by atoms with Gasteiger partial charge in [-0.25, -0.2) is 9.18 Å². The van der Waals surface area contributed by atoms with E-state index in [1.54, 1.807) is 19.2 Å². The molecule has 1 heterocycles. The highest BCUT2D eigenvalue weighted by atomic mass is 19.1. The lowest BCUT2D eigenvalue weighted by Crippen LogP contribution is -2.39. The van der Waals surface area contributed by atoms with Gasteiger partial charge in [-0.15, -0.1) is 0 Å². The molecule has 0 unspecified atom stereocenters. The van der Waals surface area contributed by atoms with Gasteiger partial charge in [0.2, 0.25) is 0 Å². The average molecular weight is 291 g/mol. The Kier molecular flexibility index (Phi) is 4.37. The SMILES string of the molecule is C[C@@H](NCc1cc(=O)n(C)c(=O)n1C)c1ccc(F)cc1. The number of nitrogens with one attached hydrogen (secondary N) is 1. The predicted octanol–water partition coefficient (Wildman–Crippen LogP) is 1.07. The van der Waals surface area contributed by atoms with Gasteiger partial charge in [-0.3, -0.25) is 13.9 Å². The van der Waals surface area contributed by atoms with Gasteiger partial charge in [0.25, 0.3) is 5.56 Å². The van der Waals surface area contributed by atoms with E-state index in [4.69, 9.17) is 0 Å². The molecule has 0 saturated heterocycles. The fourth-order valence-electron chi connectivity index (χ4n) is 2.07. The number of hydrogen-bond acceptors (Lipinski definition) is 3. The Morgan fingerprint density at radius 3 is 2.38 bits per heavy atom. The molecule has 112 valence electrons. The average Bonchev–Trinajstić information content (AvgIpc) is 2.48. The number of rotatable bonds is 4. The van der Waals surface area contributed by atoms with Crippen LogP contribution in [0.2, 0.25) is 0 Å². The highest BCUT2D eigenvalue weighted by Crippen LogP contribution is 2.13. The maximum atomic E-state index is 12.9. The molecule has 0 fully saturated rings. The zero-order valence-corrected chi connectivity index (χ0v) is 12.3. The smallest absolute Gasteiger partial charge is 0.305 e. The molecular weight excluding hydrogens is 273 g/mol. The van der Waals surface area contributed by atoms with Crippen molar-refractivity contribution in [2.75, 3.05) is 0 Å². The third-order valence-electron chi connectivity index (χ3n) is 3.58. The van der Waals surface area contributed by atoms with E-state index in [0.717, 1.165) is 10.1 Å². The lowest BCUT2D eigenvalue weighted by Gasteiger charge is -2.16. The van der Waals surface area contributed by atoms with Crippen molar-refractivity contribution in [1.29, 1.82) is 0 Å². The predicted molar refractivity (Wildman–Crippen MR) is 78.6 cm³/mol. The highest BCUT2D eigenvalue weighted by Gasteiger charge is 2.09. The van der Waals surface area contributed by atoms with Crippen molar-refractivity contribution >= 4 is 0 Å². The van der Waals surface area contributed by atoms with E-state index in [0.29, 0.717) is 12.2 Å². The van der Waals surface area contributed by atoms with Crippen LogP contribution in [0.4, 0.5) is 4.39 Å². The molecule has 0 aliphatic carbocycles. The molecule has 0 amide bonds. The molecule has 2 aromatic rings. The first-order chi connectivity index (χ1) is 9.90. The fourth-order valence-corrected chi connectivity index (χ4v) is 2.07. The van der Waals surface area contributed by atoms with Crippen molar-refractivity contribution in [2.45, 2.75) is 19.5 Å². The van der Waals surface area contributed by atoms with E-state index in [9.17, 15) is 14.0 Å². The van der Waals surface area contributed by atoms with Crippen molar-refractivity contribution < 1.29 is 4.39 Å². The second-order valence-electron chi connectivity index (χ2n) is 5.03. The summed E-state index contributed by atoms with van der Waals surface area (Å²) in [6.45, 7) is 2.31. The van der Waals surface area contributed by atoms with Crippen LogP contribution in [0.3, 0.4) is 0 Å². The Balaban J connectivity index is 2.15. The first kappa shape index (κ1) is 15.2. The molecule has 5 nitrogen and oxygen atoms in total. The van der Waals surface area contributed by atoms with Gasteiger partial charge in [0.15, 0.2) is 0 Å². The Morgan fingerprint density at radius 2 is 1.76 bits per heavy atom. The molecule has 2 rings (SSSR count). The van der Waals surface area contributed by atoms with Crippen LogP contribution in [-0.2, 0) is 20.6 Å². The van der Waals surface area contributed by atoms with E-state index >= 15 is 0 Å². The topological polar surface area (TPSA) is 56.0 Å². The molecule has 1 aromatic heterocycles. The standard InChI is InChI=1S/C15H18FN3O2/c1-10(11-4-6-12(16)7-5-11)17-9-13-8-14(20)19(3)15(21)18(13)2/h4-8,10,17H,9H2,1-3H3/t10-/m1/s1. The molecule has 1 N–H and O–H groups in total. The van der Waals surface area contributed by atoms with Crippen molar-refractivity contribution in [3.8, 4) is 0 Å². The first-order valence-corrected chi connectivity index (χ1v) is 6.65. The zero-order chi connectivity index (χ0) is 15.6. The van der Waals surface area contributed by atoms with Gasteiger partial charge in [0.05, 0.1) is 0 Å². The summed E-state index contributed by atoms with van der Waals surface area (Å²) in [5.41, 5.74) is 0.861. The summed E-state index contributed by atoms with van der Waals surface area (Å²) in [5, 5.41) is 3.22. The number of aromatic nitrogens is 2. The number of hydrogen-bond donors (Lipinski definition) is 1. The normalized spacial score (nSPS) is 12.4. The number of benzene rings is 1. The lowest BCUT2D eigenvalue weighted by molar-refractivity contribution is 0.538. The second-order valence-corrected chi connectivity index (χ2v) is 5.03. The van der Waals surface area contributed by atoms with Crippen LogP contribution < -0.4 is 16.6 Å². The van der Waals surface area contributed by atoms with Gasteiger partial charge < -0.3 is 5.32 Å². The fraction of sp³-hybridized carbons (Fsp3) is 0.333. The van der Waals surface area contributed by atoms with Crippen molar-refractivity contribution in [3.63, 3.8) is 0 Å². The van der Waals surface area contributed by atoms with Crippen molar-refractivity contribution in [2.24, 2.45) is 14.1 Å². The molecular formula is C15H18FN3O2. The van der Waals surface area contributed by atoms with E-state index < -0.39 is 0 Å². The lowest BCUT2D eigenvalue weighted by atomic mass is 10.1. The number of nitrogens with zero attached hydrogens (tertiary/aromatic N) is 2. The summed E-state index contributed by atoms with van der Waals surface area (Å²) in [7, 11) is 3.07. The first-order valence-electron chi connectivity index (χ1n) is 6.65. The molecule has 0 bridgehead atoms. The Labute approximate surface area is 121 Å². The Morgan fingerprint density at radius 1 is 1.14 bits per heavy atom. The van der Waals surface area contributed by atoms with E-state index in [-0.39, 0.29) is 23.1 Å². The van der Waals surface area contributed by atoms with Crippen LogP contribution in [0.15, 0.2) is 39.9 Å². The molecule has 0 radical (unpaired) electrons. The molecule has 1 atom stereocenters. The molecule has 1 aromatic carbocycles. The summed E-state index contributed by atoms with van der Waals surface area (Å²) in [5.74, 6) is -0.278. The van der Waals surface area contributed by atoms with Crippen molar-refractivity contribution in [3.05, 3.63) is 68.2 Å². The van der Waals surface area contributed by atoms with E-state index in [1.165, 1.54) is 29.8 Å². The summed E-state index contributed by atoms with van der Waals surface area (Å²) < 4.78 is 15.4. The summed E-state index contributed by atoms with van der Waals surface area (Å²) in [6.07, 6.45) is 0. The molecule has 6 heteroatoms. The quantitative estimate of drug-likeness (QED) is 0.917. The molecule has 0 aliphatic rings. The van der Waals surface area contributed by atoms with Crippen LogP contribution in [0.25, 0.3) is 0 Å². The largest absolute Gasteiger partial charge is 0.330 e. The highest BCUT2D eigenvalue weighted by molar-refractivity contribution is 5.19. The van der Waals surface area contributed by atoms with Gasteiger partial charge in [0.1, 0.15) is 5.82 Å². The van der Waals surface area contributed by atoms with E-state index in [1.807, 2.05) is 6.92 Å². The summed E-state index contributed by atoms with van der Waals surface area (Å²) >= 11 is 0. The van der Waals surface area contributed by atoms with Crippen LogP contribution in [0.5, 0.6) is 0 Å². The van der Waals surface area contributed by atoms with Gasteiger partial charge in [-0.05, 0) is 24.6 Å². The zero-order valence-electron chi connectivity index (χ0n) is 12.3. The number of halogens is 1. The Hall–Kier alpha value is -2.21. The molecule has 21 heavy (non-hydrogen) atoms. The minimum absolute atomic E-state index is 0.0234. The van der Waals surface area contributed by atoms with Crippen LogP contribution in [0, 0.1) is 5.82 Å². The molecule has 0 saturated carbocycles. The van der Waals surface area contributed by atoms with Gasteiger partial charge in [-0.1, -0.05) is 12.1 Å².